The Balaban J connectivity index is 3.00. The summed E-state index contributed by atoms with van der Waals surface area (Å²) < 4.78 is 46.6. The normalized spacial score (nSPS) is 12.6. The molecule has 19 heavy (non-hydrogen) atoms. The molecule has 0 aliphatic heterocycles. The van der Waals surface area contributed by atoms with Crippen LogP contribution in [0.3, 0.4) is 0 Å². The topological polar surface area (TPSA) is 69.7 Å². The Morgan fingerprint density at radius 1 is 1.05 bits per heavy atom. The predicted octanol–water partition coefficient (Wildman–Crippen LogP) is 2.99. The number of sulfone groups is 1. The maximum atomic E-state index is 12.2. The lowest BCUT2D eigenvalue weighted by Crippen LogP contribution is -2.11. The fraction of sp³-hybridized carbons (Fsp3) is 0.500. The summed E-state index contributed by atoms with van der Waals surface area (Å²) in [6.07, 6.45) is 0. The van der Waals surface area contributed by atoms with Gasteiger partial charge in [-0.05, 0) is 32.9 Å². The number of hydrogen-bond acceptors (Lipinski definition) is 5. The molecule has 108 valence electrons. The Hall–Kier alpha value is -0.680. The van der Waals surface area contributed by atoms with Crippen LogP contribution in [-0.2, 0) is 23.4 Å². The molecule has 0 N–H and O–H groups in total. The molecule has 0 bridgehead atoms. The average Bonchev–Trinajstić information content (AvgIpc) is 2.28. The van der Waals surface area contributed by atoms with Gasteiger partial charge in [0.1, 0.15) is 0 Å². The van der Waals surface area contributed by atoms with Gasteiger partial charge in [-0.15, -0.1) is 0 Å². The summed E-state index contributed by atoms with van der Waals surface area (Å²) in [6.45, 7) is 5.43. The summed E-state index contributed by atoms with van der Waals surface area (Å²) in [6, 6.07) is 6.37. The van der Waals surface area contributed by atoms with Crippen LogP contribution in [0.2, 0.25) is 0 Å². The number of benzene rings is 1. The maximum absolute atomic E-state index is 12.2. The number of aryl methyl sites for hydroxylation is 1. The summed E-state index contributed by atoms with van der Waals surface area (Å²) in [5.41, 5.74) is 0.321. The molecular weight excluding hydrogens is 287 g/mol. The van der Waals surface area contributed by atoms with Gasteiger partial charge in [0.15, 0.2) is 15.3 Å². The summed E-state index contributed by atoms with van der Waals surface area (Å²) in [5, 5.41) is 0. The highest BCUT2D eigenvalue weighted by atomic mass is 32.2. The van der Waals surface area contributed by atoms with Crippen LogP contribution in [0.1, 0.15) is 19.4 Å². The first kappa shape index (κ1) is 16.4. The van der Waals surface area contributed by atoms with E-state index in [2.05, 4.69) is 0 Å². The lowest BCUT2D eigenvalue weighted by atomic mass is 10.2. The van der Waals surface area contributed by atoms with E-state index in [-0.39, 0.29) is 18.1 Å². The minimum absolute atomic E-state index is 0.123. The van der Waals surface area contributed by atoms with E-state index in [0.29, 0.717) is 0 Å². The molecule has 0 saturated carbocycles. The van der Waals surface area contributed by atoms with Gasteiger partial charge in [-0.25, -0.2) is 8.42 Å². The van der Waals surface area contributed by atoms with Gasteiger partial charge in [-0.3, -0.25) is 4.57 Å². The van der Waals surface area contributed by atoms with Crippen LogP contribution in [0, 0.1) is 6.92 Å². The molecular formula is C12H19O5PS. The van der Waals surface area contributed by atoms with Crippen LogP contribution in [0.4, 0.5) is 0 Å². The van der Waals surface area contributed by atoms with Crippen LogP contribution in [-0.4, -0.2) is 27.1 Å². The molecule has 0 aliphatic rings. The summed E-state index contributed by atoms with van der Waals surface area (Å²) in [5.74, 6) is 0. The van der Waals surface area contributed by atoms with Crippen molar-refractivity contribution in [3.05, 3.63) is 29.8 Å². The average molecular weight is 306 g/mol. The third-order valence-corrected chi connectivity index (χ3v) is 7.28. The van der Waals surface area contributed by atoms with Gasteiger partial charge < -0.3 is 9.05 Å². The monoisotopic (exact) mass is 306 g/mol. The van der Waals surface area contributed by atoms with Gasteiger partial charge in [-0.1, -0.05) is 17.7 Å². The van der Waals surface area contributed by atoms with Gasteiger partial charge in [0.25, 0.3) is 0 Å². The fourth-order valence-corrected chi connectivity index (χ4v) is 5.80. The molecule has 1 aromatic rings. The Bertz CT molecular complexity index is 540. The summed E-state index contributed by atoms with van der Waals surface area (Å²) in [7, 11) is -7.30. The van der Waals surface area contributed by atoms with Crippen LogP contribution in [0.5, 0.6) is 0 Å². The minimum Gasteiger partial charge on any atom is -0.308 e. The first-order valence-corrected chi connectivity index (χ1v) is 9.38. The molecule has 0 amide bonds. The van der Waals surface area contributed by atoms with Crippen molar-refractivity contribution in [1.82, 2.24) is 0 Å². The Labute approximate surface area is 114 Å². The van der Waals surface area contributed by atoms with Crippen molar-refractivity contribution in [3.63, 3.8) is 0 Å². The second-order valence-corrected chi connectivity index (χ2v) is 8.48. The van der Waals surface area contributed by atoms with Crippen molar-refractivity contribution in [2.24, 2.45) is 0 Å². The zero-order valence-electron chi connectivity index (χ0n) is 11.3. The second kappa shape index (κ2) is 6.66. The Morgan fingerprint density at radius 2 is 1.53 bits per heavy atom. The van der Waals surface area contributed by atoms with Crippen molar-refractivity contribution in [1.29, 1.82) is 0 Å². The Kier molecular flexibility index (Phi) is 5.74. The van der Waals surface area contributed by atoms with Gasteiger partial charge in [-0.2, -0.15) is 0 Å². The van der Waals surface area contributed by atoms with Gasteiger partial charge in [0.05, 0.1) is 18.1 Å². The van der Waals surface area contributed by atoms with Crippen molar-refractivity contribution < 1.29 is 22.0 Å². The molecule has 0 aliphatic carbocycles. The van der Waals surface area contributed by atoms with Crippen molar-refractivity contribution in [2.45, 2.75) is 25.7 Å². The number of rotatable bonds is 7. The van der Waals surface area contributed by atoms with E-state index >= 15 is 0 Å². The quantitative estimate of drug-likeness (QED) is 0.724. The molecule has 5 nitrogen and oxygen atoms in total. The minimum atomic E-state index is -3.69. The van der Waals surface area contributed by atoms with E-state index in [1.807, 2.05) is 6.92 Å². The van der Waals surface area contributed by atoms with Crippen molar-refractivity contribution in [3.8, 4) is 0 Å². The molecule has 0 aromatic heterocycles. The van der Waals surface area contributed by atoms with Crippen LogP contribution >= 0.6 is 7.60 Å². The maximum Gasteiger partial charge on any atom is 0.346 e. The van der Waals surface area contributed by atoms with Gasteiger partial charge in [0, 0.05) is 0 Å². The molecule has 0 fully saturated rings. The molecule has 0 heterocycles. The molecule has 0 atom stereocenters. The van der Waals surface area contributed by atoms with Crippen LogP contribution < -0.4 is 0 Å². The first-order valence-electron chi connectivity index (χ1n) is 6.00. The predicted molar refractivity (Wildman–Crippen MR) is 74.1 cm³/mol. The van der Waals surface area contributed by atoms with E-state index in [0.717, 1.165) is 5.56 Å². The zero-order chi connectivity index (χ0) is 14.5. The SMILES string of the molecule is CCOP(=O)(CS(=O)(=O)c1ccc(C)cc1)OCC. The third-order valence-electron chi connectivity index (χ3n) is 2.36. The van der Waals surface area contributed by atoms with Gasteiger partial charge in [0.2, 0.25) is 0 Å². The van der Waals surface area contributed by atoms with Crippen LogP contribution in [0.25, 0.3) is 0 Å². The standard InChI is InChI=1S/C12H19O5PS/c1-4-16-18(13,17-5-2)10-19(14,15)12-8-6-11(3)7-9-12/h6-9H,4-5,10H2,1-3H3. The lowest BCUT2D eigenvalue weighted by Gasteiger charge is -2.16. The van der Waals surface area contributed by atoms with E-state index in [1.165, 1.54) is 12.1 Å². The summed E-state index contributed by atoms with van der Waals surface area (Å²) in [4.78, 5) is 0.123. The Morgan fingerprint density at radius 3 is 1.95 bits per heavy atom. The molecule has 0 saturated heterocycles. The summed E-state index contributed by atoms with van der Waals surface area (Å²) >= 11 is 0. The zero-order valence-corrected chi connectivity index (χ0v) is 13.0. The smallest absolute Gasteiger partial charge is 0.308 e. The highest BCUT2D eigenvalue weighted by Gasteiger charge is 2.32. The molecule has 0 spiro atoms. The van der Waals surface area contributed by atoms with E-state index in [1.54, 1.807) is 26.0 Å². The van der Waals surface area contributed by atoms with Crippen molar-refractivity contribution >= 4 is 17.4 Å². The highest BCUT2D eigenvalue weighted by molar-refractivity contribution is 7.97. The third kappa shape index (κ3) is 4.73. The first-order chi connectivity index (χ1) is 8.83. The molecule has 1 aromatic carbocycles. The largest absolute Gasteiger partial charge is 0.346 e. The van der Waals surface area contributed by atoms with Crippen molar-refractivity contribution in [2.75, 3.05) is 18.7 Å². The molecule has 7 heteroatoms. The second-order valence-electron chi connectivity index (χ2n) is 4.00. The fourth-order valence-electron chi connectivity index (χ4n) is 1.53. The molecule has 1 rings (SSSR count). The lowest BCUT2D eigenvalue weighted by molar-refractivity contribution is 0.224. The van der Waals surface area contributed by atoms with Crippen LogP contribution in [0.15, 0.2) is 29.2 Å². The molecule has 0 unspecified atom stereocenters. The van der Waals surface area contributed by atoms with E-state index < -0.39 is 22.9 Å². The van der Waals surface area contributed by atoms with E-state index in [9.17, 15) is 13.0 Å². The van der Waals surface area contributed by atoms with Gasteiger partial charge >= 0.3 is 7.60 Å². The number of hydrogen-bond donors (Lipinski definition) is 0. The van der Waals surface area contributed by atoms with E-state index in [4.69, 9.17) is 9.05 Å². The molecule has 0 radical (unpaired) electrons. The highest BCUT2D eigenvalue weighted by Crippen LogP contribution is 2.50.